The summed E-state index contributed by atoms with van der Waals surface area (Å²) in [5, 5.41) is 34.3. The molecule has 2 fully saturated rings. The van der Waals surface area contributed by atoms with Crippen LogP contribution in [0.25, 0.3) is 173 Å². The van der Waals surface area contributed by atoms with Crippen LogP contribution in [-0.2, 0) is 45.0 Å². The van der Waals surface area contributed by atoms with E-state index in [0.29, 0.717) is 56.1 Å². The number of aryl methyl sites for hydroxylation is 1. The molecule has 4 aromatic carbocycles. The van der Waals surface area contributed by atoms with E-state index in [1.54, 1.807) is 92.8 Å². The number of amides is 4. The van der Waals surface area contributed by atoms with E-state index in [0.717, 1.165) is 170 Å². The lowest BCUT2D eigenvalue weighted by Gasteiger charge is -2.12. The number of benzene rings is 4. The van der Waals surface area contributed by atoms with Gasteiger partial charge in [-0.2, -0.15) is 0 Å². The lowest BCUT2D eigenvalue weighted by molar-refractivity contribution is -0.697. The van der Waals surface area contributed by atoms with Crippen molar-refractivity contribution in [2.24, 2.45) is 0 Å². The molecule has 2 aliphatic rings. The van der Waals surface area contributed by atoms with E-state index in [2.05, 4.69) is 219 Å². The molecule has 2 aliphatic heterocycles. The third kappa shape index (κ3) is 21.4. The van der Waals surface area contributed by atoms with E-state index in [4.69, 9.17) is 38.5 Å². The van der Waals surface area contributed by atoms with Gasteiger partial charge in [-0.25, -0.2) is 43.0 Å². The van der Waals surface area contributed by atoms with Gasteiger partial charge in [0.25, 0.3) is 23.6 Å². The van der Waals surface area contributed by atoms with Gasteiger partial charge in [0, 0.05) is 155 Å². The maximum absolute atomic E-state index is 12.2. The third-order valence-corrected chi connectivity index (χ3v) is 29.4. The van der Waals surface area contributed by atoms with Gasteiger partial charge in [0.05, 0.1) is 35.5 Å². The van der Waals surface area contributed by atoms with Gasteiger partial charge in [-0.3, -0.25) is 29.1 Å². The Morgan fingerprint density at radius 2 is 0.707 bits per heavy atom. The Morgan fingerprint density at radius 1 is 0.353 bits per heavy atom. The number of hydrogen-bond donors (Lipinski definition) is 0. The van der Waals surface area contributed by atoms with Gasteiger partial charge < -0.3 is 26.7 Å². The third-order valence-electron chi connectivity index (χ3n) is 21.3. The standard InChI is InChI=1S/C40H32N5O5S2.C30H18N4OS2.C18H8Br2N4OS2.C10H14BrNO4.BrH/c46-33-17-18-34(47)45(33)49-35(48)14-8-3-9-21-44-22-19-28(20-23-44)37-36(32-24-29(25-51-32)26-10-4-1-5-11-26)39-40(43-50-42-39)38(41-37)31-16-15-30(52-31)27-12-6-2-7-13-27;1-3-7-19(8-4-1)22-17-25(36-18-22)26-27(21-13-15-31-16-14-21)32-28(30-29(26)33-35-34-30)24-12-11-23(37-24)20-9-5-2-6-10-20;19-10-7-12(26-8-10)14-15(9-3-5-21-6-4-9)22-16(11-1-2-13(20)27-11)18-17(14)23-25-24-18;11-7-3-1-2-4-10(15)16-12-8(13)5-6-9(12)14;/h1-2,4-7,10-13,15-16,19-20,22-25H,3,8-9,14,17-18,21H2;1-18H;1-8H;1-7H2;1H/q+1;;;;/p-1. The van der Waals surface area contributed by atoms with Crippen LogP contribution in [0.15, 0.2) is 288 Å². The van der Waals surface area contributed by atoms with E-state index in [1.807, 2.05) is 115 Å². The number of imide groups is 2. The van der Waals surface area contributed by atoms with Crippen molar-refractivity contribution < 1.29 is 73.9 Å². The van der Waals surface area contributed by atoms with Crippen molar-refractivity contribution in [2.45, 2.75) is 83.6 Å². The van der Waals surface area contributed by atoms with Crippen LogP contribution < -0.4 is 21.5 Å². The molecule has 35 heteroatoms. The lowest BCUT2D eigenvalue weighted by atomic mass is 10.0. The second-order valence-electron chi connectivity index (χ2n) is 30.1. The number of thiophene rings is 6. The first-order valence-electron chi connectivity index (χ1n) is 41.8. The first-order valence-corrected chi connectivity index (χ1v) is 49.6. The molecular formula is C98H72Br4N14O11S6. The van der Waals surface area contributed by atoms with Gasteiger partial charge in [0.2, 0.25) is 0 Å². The Labute approximate surface area is 819 Å². The molecule has 0 N–H and O–H groups in total. The highest BCUT2D eigenvalue weighted by molar-refractivity contribution is 9.11. The summed E-state index contributed by atoms with van der Waals surface area (Å²) < 4.78 is 20.0. The van der Waals surface area contributed by atoms with Crippen molar-refractivity contribution in [1.82, 2.24) is 66.0 Å². The fraction of sp³-hybridized carbons (Fsp3) is 0.143. The monoisotopic (exact) mass is 2130 g/mol. The minimum atomic E-state index is -0.567. The zero-order valence-electron chi connectivity index (χ0n) is 70.0. The molecular weight excluding hydrogens is 2060 g/mol. The molecule has 0 saturated carbocycles. The van der Waals surface area contributed by atoms with Crippen molar-refractivity contribution in [3.05, 3.63) is 274 Å². The highest BCUT2D eigenvalue weighted by Crippen LogP contribution is 2.49. The molecule has 133 heavy (non-hydrogen) atoms. The molecule has 21 rings (SSSR count). The Hall–Kier alpha value is -12.7. The van der Waals surface area contributed by atoms with Gasteiger partial charge in [-0.15, -0.1) is 78.1 Å². The van der Waals surface area contributed by atoms with E-state index >= 15 is 0 Å². The summed E-state index contributed by atoms with van der Waals surface area (Å²) in [7, 11) is 0. The van der Waals surface area contributed by atoms with E-state index in [-0.39, 0.29) is 55.5 Å². The van der Waals surface area contributed by atoms with Crippen molar-refractivity contribution in [3.8, 4) is 140 Å². The van der Waals surface area contributed by atoms with E-state index in [1.165, 1.54) is 16.0 Å². The van der Waals surface area contributed by atoms with E-state index < -0.39 is 35.6 Å². The molecule has 25 nitrogen and oxygen atoms in total. The molecule has 19 aromatic rings. The molecule has 2 saturated heterocycles. The number of carbonyl (C=O) groups is 6. The van der Waals surface area contributed by atoms with Crippen LogP contribution >= 0.6 is 116 Å². The maximum atomic E-state index is 12.2. The zero-order chi connectivity index (χ0) is 90.4. The van der Waals surface area contributed by atoms with Crippen molar-refractivity contribution >= 4 is 184 Å². The van der Waals surface area contributed by atoms with E-state index in [9.17, 15) is 28.8 Å². The first-order chi connectivity index (χ1) is 64.7. The topological polar surface area (TPSA) is 312 Å². The normalized spacial score (nSPS) is 12.4. The van der Waals surface area contributed by atoms with Crippen LogP contribution in [0.3, 0.4) is 0 Å². The quantitative estimate of drug-likeness (QED) is 0.0210. The van der Waals surface area contributed by atoms with Crippen LogP contribution in [0.4, 0.5) is 0 Å². The predicted octanol–water partition coefficient (Wildman–Crippen LogP) is 22.2. The summed E-state index contributed by atoms with van der Waals surface area (Å²) in [5.74, 6) is -2.88. The van der Waals surface area contributed by atoms with Gasteiger partial charge in [-0.1, -0.05) is 144 Å². The summed E-state index contributed by atoms with van der Waals surface area (Å²) in [5.41, 5.74) is 21.1. The number of hydroxylamine groups is 4. The molecule has 0 unspecified atom stereocenters. The number of pyridine rings is 6. The largest absolute Gasteiger partial charge is 1.00 e. The van der Waals surface area contributed by atoms with Crippen molar-refractivity contribution in [2.75, 3.05) is 5.33 Å². The predicted molar refractivity (Wildman–Crippen MR) is 523 cm³/mol. The Kier molecular flexibility index (Phi) is 30.0. The Balaban J connectivity index is 0.000000133. The highest BCUT2D eigenvalue weighted by Gasteiger charge is 2.35. The first kappa shape index (κ1) is 92.2. The SMILES string of the molecule is Brc1csc(-c2c(-c3ccncc3)nc(-c3ccc(Br)s3)c3nonc23)c1.O=C(CCCCCBr)ON1C(=O)CCC1=O.O=C(CCCCC[n+]1ccc(-c2nc(-c3ccc(-c4ccccc4)s3)c3nonc3c2-c2cc(-c3ccccc3)cs2)cc1)ON1C(=O)CCC1=O.[Br-].c1ccc(-c2csc(-c3c(-c4ccncc4)nc(-c4ccc(-c5ccccc5)s4)c4nonc34)c2)cc1. The Bertz CT molecular complexity index is 7310. The van der Waals surface area contributed by atoms with Gasteiger partial charge >= 0.3 is 11.9 Å². The molecule has 664 valence electrons. The molecule has 0 aliphatic carbocycles. The van der Waals surface area contributed by atoms with Crippen molar-refractivity contribution in [3.63, 3.8) is 0 Å². The maximum Gasteiger partial charge on any atom is 0.333 e. The average molecular weight is 2130 g/mol. The van der Waals surface area contributed by atoms with Crippen LogP contribution in [0, 0.1) is 0 Å². The number of carbonyl (C=O) groups excluding carboxylic acids is 6. The summed E-state index contributed by atoms with van der Waals surface area (Å²) in [6.45, 7) is 0.749. The molecule has 0 spiro atoms. The smallest absolute Gasteiger partial charge is 0.333 e. The van der Waals surface area contributed by atoms with Crippen molar-refractivity contribution in [1.29, 1.82) is 0 Å². The molecule has 0 atom stereocenters. The number of halogens is 4. The fourth-order valence-corrected chi connectivity index (χ4v) is 22.1. The lowest BCUT2D eigenvalue weighted by Crippen LogP contribution is -3.00. The minimum Gasteiger partial charge on any atom is -1.00 e. The van der Waals surface area contributed by atoms with Gasteiger partial charge in [0.1, 0.15) is 40.2 Å². The zero-order valence-corrected chi connectivity index (χ0v) is 81.3. The molecule has 4 amide bonds. The minimum absolute atomic E-state index is 0. The Morgan fingerprint density at radius 3 is 1.09 bits per heavy atom. The number of unbranched alkanes of at least 4 members (excludes halogenated alkanes) is 4. The second kappa shape index (κ2) is 43.3. The van der Waals surface area contributed by atoms with Crippen LogP contribution in [0.5, 0.6) is 0 Å². The molecule has 0 radical (unpaired) electrons. The number of fused-ring (bicyclic) bond motifs is 3. The summed E-state index contributed by atoms with van der Waals surface area (Å²) in [4.78, 5) is 111. The van der Waals surface area contributed by atoms with Gasteiger partial charge in [-0.05, 0) is 211 Å². The van der Waals surface area contributed by atoms with Crippen LogP contribution in [0.2, 0.25) is 0 Å². The molecule has 0 bridgehead atoms. The number of nitrogens with zero attached hydrogens (tertiary/aromatic N) is 14. The number of alkyl halides is 1. The number of hydrogen-bond acceptors (Lipinski definition) is 28. The van der Waals surface area contributed by atoms with Gasteiger partial charge in [0.15, 0.2) is 28.9 Å². The fourth-order valence-electron chi connectivity index (χ4n) is 14.9. The second-order valence-corrected chi connectivity index (χ2v) is 39.1. The molecule has 17 heterocycles. The average Bonchev–Trinajstić information content (AvgIpc) is 1.64. The number of aromatic nitrogens is 12. The summed E-state index contributed by atoms with van der Waals surface area (Å²) in [6.07, 6.45) is 16.8. The van der Waals surface area contributed by atoms with Crippen LogP contribution in [-0.4, -0.2) is 107 Å². The summed E-state index contributed by atoms with van der Waals surface area (Å²) >= 11 is 20.2. The highest BCUT2D eigenvalue weighted by atomic mass is 79.9. The van der Waals surface area contributed by atoms with Crippen LogP contribution in [0.1, 0.15) is 77.0 Å². The number of rotatable bonds is 26. The summed E-state index contributed by atoms with van der Waals surface area (Å²) in [6, 6.07) is 72.1. The molecule has 15 aromatic heterocycles.